The molecule has 0 spiro atoms. The van der Waals surface area contributed by atoms with E-state index in [0.717, 1.165) is 18.5 Å². The summed E-state index contributed by atoms with van der Waals surface area (Å²) in [4.78, 5) is 23.8. The average Bonchev–Trinajstić information content (AvgIpc) is 3.10. The van der Waals surface area contributed by atoms with Crippen molar-refractivity contribution in [3.05, 3.63) is 42.0 Å². The van der Waals surface area contributed by atoms with Gasteiger partial charge in [-0.2, -0.15) is 0 Å². The lowest BCUT2D eigenvalue weighted by Gasteiger charge is -2.06. The molecule has 3 nitrogen and oxygen atoms in total. The third-order valence-electron chi connectivity index (χ3n) is 4.59. The molecule has 0 bridgehead atoms. The van der Waals surface area contributed by atoms with Gasteiger partial charge in [-0.05, 0) is 50.2 Å². The fraction of sp³-hybridized carbons (Fsp3) is 0.444. The molecule has 0 unspecified atom stereocenters. The van der Waals surface area contributed by atoms with E-state index in [-0.39, 0.29) is 17.6 Å². The molecule has 3 atom stereocenters. The predicted molar refractivity (Wildman–Crippen MR) is 83.2 cm³/mol. The van der Waals surface area contributed by atoms with E-state index in [0.29, 0.717) is 17.4 Å². The Kier molecular flexibility index (Phi) is 3.91. The Morgan fingerprint density at radius 1 is 1.24 bits per heavy atom. The van der Waals surface area contributed by atoms with Crippen molar-refractivity contribution >= 4 is 17.4 Å². The van der Waals surface area contributed by atoms with Crippen molar-refractivity contribution in [2.75, 3.05) is 5.32 Å². The Morgan fingerprint density at radius 2 is 2.10 bits per heavy atom. The first-order valence-corrected chi connectivity index (χ1v) is 7.75. The molecule has 0 saturated heterocycles. The van der Waals surface area contributed by atoms with Crippen LogP contribution in [0.3, 0.4) is 0 Å². The van der Waals surface area contributed by atoms with Gasteiger partial charge in [-0.1, -0.05) is 30.7 Å². The number of hydrogen-bond donors (Lipinski definition) is 1. The summed E-state index contributed by atoms with van der Waals surface area (Å²) in [6, 6.07) is 7.17. The molecule has 0 aromatic heterocycles. The Hall–Kier alpha value is -1.90. The largest absolute Gasteiger partial charge is 0.326 e. The van der Waals surface area contributed by atoms with Crippen LogP contribution < -0.4 is 5.32 Å². The van der Waals surface area contributed by atoms with Gasteiger partial charge in [-0.3, -0.25) is 9.59 Å². The molecule has 3 heteroatoms. The molecule has 0 radical (unpaired) electrons. The number of hydrogen-bond acceptors (Lipinski definition) is 2. The Morgan fingerprint density at radius 3 is 2.90 bits per heavy atom. The van der Waals surface area contributed by atoms with Gasteiger partial charge in [-0.25, -0.2) is 0 Å². The molecular formula is C18H21NO2. The second-order valence-electron chi connectivity index (χ2n) is 6.11. The number of anilines is 1. The molecular weight excluding hydrogens is 262 g/mol. The topological polar surface area (TPSA) is 46.2 Å². The number of fused-ring (bicyclic) bond motifs is 1. The maximum Gasteiger partial charge on any atom is 0.228 e. The van der Waals surface area contributed by atoms with Crippen LogP contribution in [-0.2, 0) is 4.79 Å². The molecule has 1 saturated carbocycles. The van der Waals surface area contributed by atoms with Crippen LogP contribution in [0.5, 0.6) is 0 Å². The summed E-state index contributed by atoms with van der Waals surface area (Å²) in [6.45, 7) is 1.54. The van der Waals surface area contributed by atoms with E-state index in [1.54, 1.807) is 12.1 Å². The molecule has 2 aliphatic rings. The quantitative estimate of drug-likeness (QED) is 0.677. The van der Waals surface area contributed by atoms with Gasteiger partial charge in [0.1, 0.15) is 0 Å². The van der Waals surface area contributed by atoms with Gasteiger partial charge in [0.15, 0.2) is 5.78 Å². The van der Waals surface area contributed by atoms with Crippen molar-refractivity contribution < 1.29 is 9.59 Å². The summed E-state index contributed by atoms with van der Waals surface area (Å²) in [5, 5.41) is 2.97. The number of benzene rings is 1. The minimum Gasteiger partial charge on any atom is -0.326 e. The number of rotatable bonds is 3. The van der Waals surface area contributed by atoms with E-state index in [2.05, 4.69) is 17.5 Å². The molecule has 110 valence electrons. The summed E-state index contributed by atoms with van der Waals surface area (Å²) in [7, 11) is 0. The molecule has 1 N–H and O–H groups in total. The van der Waals surface area contributed by atoms with Crippen LogP contribution in [0.4, 0.5) is 5.69 Å². The third-order valence-corrected chi connectivity index (χ3v) is 4.59. The first kappa shape index (κ1) is 14.1. The minimum atomic E-state index is 0.0158. The number of amides is 1. The van der Waals surface area contributed by atoms with E-state index in [1.165, 1.54) is 19.8 Å². The van der Waals surface area contributed by atoms with Gasteiger partial charge < -0.3 is 5.32 Å². The lowest BCUT2D eigenvalue weighted by molar-refractivity contribution is -0.117. The highest BCUT2D eigenvalue weighted by Crippen LogP contribution is 2.51. The number of nitrogens with one attached hydrogen (secondary N) is 1. The van der Waals surface area contributed by atoms with Gasteiger partial charge in [0, 0.05) is 17.2 Å². The second-order valence-corrected chi connectivity index (χ2v) is 6.11. The lowest BCUT2D eigenvalue weighted by atomic mass is 10.1. The fourth-order valence-corrected chi connectivity index (χ4v) is 3.34. The third kappa shape index (κ3) is 3.07. The minimum absolute atomic E-state index is 0.0158. The molecule has 1 amide bonds. The predicted octanol–water partition coefficient (Wildman–Crippen LogP) is 3.82. The van der Waals surface area contributed by atoms with Gasteiger partial charge in [0.25, 0.3) is 0 Å². The van der Waals surface area contributed by atoms with Gasteiger partial charge in [-0.15, -0.1) is 0 Å². The maximum absolute atomic E-state index is 12.4. The molecule has 1 fully saturated rings. The number of ketones is 1. The van der Waals surface area contributed by atoms with Crippen molar-refractivity contribution in [2.24, 2.45) is 17.8 Å². The molecule has 0 aliphatic heterocycles. The number of carbonyl (C=O) groups excluding carboxylic acids is 2. The van der Waals surface area contributed by atoms with Crippen molar-refractivity contribution in [1.29, 1.82) is 0 Å². The first-order chi connectivity index (χ1) is 10.2. The fourth-order valence-electron chi connectivity index (χ4n) is 3.34. The zero-order valence-electron chi connectivity index (χ0n) is 12.3. The monoisotopic (exact) mass is 283 g/mol. The summed E-state index contributed by atoms with van der Waals surface area (Å²) >= 11 is 0. The molecule has 0 heterocycles. The Bertz CT molecular complexity index is 591. The van der Waals surface area contributed by atoms with E-state index in [9.17, 15) is 9.59 Å². The van der Waals surface area contributed by atoms with Gasteiger partial charge in [0.05, 0.1) is 0 Å². The van der Waals surface area contributed by atoms with Crippen LogP contribution >= 0.6 is 0 Å². The molecule has 21 heavy (non-hydrogen) atoms. The summed E-state index contributed by atoms with van der Waals surface area (Å²) in [5.74, 6) is 1.15. The standard InChI is InChI=1S/C18H21NO2/c1-12(20)13-7-6-8-14(11-13)19-18(21)17-15-9-4-2-3-5-10-16(15)17/h4,6-9,11,15-17H,2-3,5,10H2,1H3,(H,19,21)/t15-,16-,17-/m0/s1. The lowest BCUT2D eigenvalue weighted by Crippen LogP contribution is -2.15. The summed E-state index contributed by atoms with van der Waals surface area (Å²) in [5.41, 5.74) is 1.35. The average molecular weight is 283 g/mol. The molecule has 2 aliphatic carbocycles. The summed E-state index contributed by atoms with van der Waals surface area (Å²) < 4.78 is 0. The van der Waals surface area contributed by atoms with Gasteiger partial charge in [0.2, 0.25) is 5.91 Å². The van der Waals surface area contributed by atoms with Crippen molar-refractivity contribution in [2.45, 2.75) is 32.6 Å². The highest BCUT2D eigenvalue weighted by atomic mass is 16.2. The first-order valence-electron chi connectivity index (χ1n) is 7.75. The van der Waals surface area contributed by atoms with Crippen LogP contribution in [0, 0.1) is 17.8 Å². The highest BCUT2D eigenvalue weighted by Gasteiger charge is 2.52. The normalized spacial score (nSPS) is 27.2. The molecule has 1 aromatic rings. The number of allylic oxidation sites excluding steroid dienone is 2. The van der Waals surface area contributed by atoms with E-state index in [4.69, 9.17) is 0 Å². The van der Waals surface area contributed by atoms with E-state index in [1.807, 2.05) is 12.1 Å². The van der Waals surface area contributed by atoms with E-state index < -0.39 is 0 Å². The maximum atomic E-state index is 12.4. The zero-order valence-corrected chi connectivity index (χ0v) is 12.3. The van der Waals surface area contributed by atoms with Crippen molar-refractivity contribution in [1.82, 2.24) is 0 Å². The second kappa shape index (κ2) is 5.84. The van der Waals surface area contributed by atoms with Crippen LogP contribution in [0.25, 0.3) is 0 Å². The highest BCUT2D eigenvalue weighted by molar-refractivity contribution is 5.98. The van der Waals surface area contributed by atoms with Crippen LogP contribution in [0.2, 0.25) is 0 Å². The van der Waals surface area contributed by atoms with Crippen LogP contribution in [0.15, 0.2) is 36.4 Å². The zero-order chi connectivity index (χ0) is 14.8. The Labute approximate surface area is 125 Å². The van der Waals surface area contributed by atoms with Crippen LogP contribution in [-0.4, -0.2) is 11.7 Å². The summed E-state index contributed by atoms with van der Waals surface area (Å²) in [6.07, 6.45) is 9.18. The number of carbonyl (C=O) groups is 2. The van der Waals surface area contributed by atoms with Crippen molar-refractivity contribution in [3.63, 3.8) is 0 Å². The van der Waals surface area contributed by atoms with Crippen molar-refractivity contribution in [3.8, 4) is 0 Å². The number of Topliss-reactive ketones (excluding diaryl/α,β-unsaturated/α-hetero) is 1. The van der Waals surface area contributed by atoms with Gasteiger partial charge >= 0.3 is 0 Å². The SMILES string of the molecule is CC(=O)c1cccc(NC(=O)[C@H]2[C@H]3C=CCCCC[C@@H]32)c1. The molecule has 3 rings (SSSR count). The van der Waals surface area contributed by atoms with Crippen LogP contribution in [0.1, 0.15) is 43.0 Å². The Balaban J connectivity index is 1.67. The molecule has 1 aromatic carbocycles. The van der Waals surface area contributed by atoms with E-state index >= 15 is 0 Å². The smallest absolute Gasteiger partial charge is 0.228 e.